The summed E-state index contributed by atoms with van der Waals surface area (Å²) in [7, 11) is 0. The maximum Gasteiger partial charge on any atom is 0.311 e. The summed E-state index contributed by atoms with van der Waals surface area (Å²) in [6.07, 6.45) is -0.0109. The number of hydrogen-bond donors (Lipinski definition) is 0. The largest absolute Gasteiger partial charge is 0.466 e. The van der Waals surface area contributed by atoms with Gasteiger partial charge >= 0.3 is 5.97 Å². The Labute approximate surface area is 160 Å². The van der Waals surface area contributed by atoms with E-state index in [0.717, 1.165) is 0 Å². The Morgan fingerprint density at radius 2 is 1.88 bits per heavy atom. The highest BCUT2D eigenvalue weighted by Crippen LogP contribution is 2.22. The van der Waals surface area contributed by atoms with Gasteiger partial charge in [-0.15, -0.1) is 0 Å². The summed E-state index contributed by atoms with van der Waals surface area (Å²) < 4.78 is 6.32. The molecule has 0 aliphatic carbocycles. The van der Waals surface area contributed by atoms with Gasteiger partial charge in [-0.3, -0.25) is 9.59 Å². The molecule has 3 aromatic rings. The van der Waals surface area contributed by atoms with Gasteiger partial charge < -0.3 is 4.74 Å². The van der Waals surface area contributed by atoms with E-state index in [4.69, 9.17) is 27.9 Å². The van der Waals surface area contributed by atoms with Gasteiger partial charge in [0.1, 0.15) is 0 Å². The predicted octanol–water partition coefficient (Wildman–Crippen LogP) is 3.86. The van der Waals surface area contributed by atoms with Crippen molar-refractivity contribution in [1.82, 2.24) is 9.78 Å². The molecule has 0 bridgehead atoms. The predicted molar refractivity (Wildman–Crippen MR) is 102 cm³/mol. The standard InChI is InChI=1S/C19H16Cl2N2O3/c1-2-26-18(24)10-17-14-5-3-4-6-15(14)19(25)23(22-17)11-12-7-8-13(20)9-16(12)21/h3-9H,2,10-11H2,1H3. The first-order valence-electron chi connectivity index (χ1n) is 8.08. The first-order valence-corrected chi connectivity index (χ1v) is 8.83. The molecule has 7 heteroatoms. The molecule has 0 amide bonds. The van der Waals surface area contributed by atoms with Gasteiger partial charge in [-0.25, -0.2) is 4.68 Å². The molecule has 2 aromatic carbocycles. The first kappa shape index (κ1) is 18.4. The summed E-state index contributed by atoms with van der Waals surface area (Å²) >= 11 is 12.1. The van der Waals surface area contributed by atoms with Crippen molar-refractivity contribution in [1.29, 1.82) is 0 Å². The van der Waals surface area contributed by atoms with Crippen LogP contribution in [0.1, 0.15) is 18.2 Å². The van der Waals surface area contributed by atoms with Crippen LogP contribution in [-0.2, 0) is 22.5 Å². The molecular weight excluding hydrogens is 375 g/mol. The highest BCUT2D eigenvalue weighted by atomic mass is 35.5. The van der Waals surface area contributed by atoms with E-state index in [9.17, 15) is 9.59 Å². The van der Waals surface area contributed by atoms with Gasteiger partial charge in [0.15, 0.2) is 0 Å². The molecule has 1 heterocycles. The van der Waals surface area contributed by atoms with Crippen molar-refractivity contribution in [2.24, 2.45) is 0 Å². The lowest BCUT2D eigenvalue weighted by molar-refractivity contribution is -0.142. The molecular formula is C19H16Cl2N2O3. The van der Waals surface area contributed by atoms with Crippen molar-refractivity contribution >= 4 is 39.9 Å². The van der Waals surface area contributed by atoms with Crippen LogP contribution in [-0.4, -0.2) is 22.4 Å². The molecule has 134 valence electrons. The summed E-state index contributed by atoms with van der Waals surface area (Å²) in [6, 6.07) is 12.1. The van der Waals surface area contributed by atoms with Crippen LogP contribution in [0.25, 0.3) is 10.8 Å². The normalized spacial score (nSPS) is 10.9. The molecule has 0 N–H and O–H groups in total. The van der Waals surface area contributed by atoms with Crippen molar-refractivity contribution in [3.63, 3.8) is 0 Å². The third kappa shape index (κ3) is 3.89. The van der Waals surface area contributed by atoms with Crippen LogP contribution in [0.3, 0.4) is 0 Å². The third-order valence-electron chi connectivity index (χ3n) is 3.90. The fraction of sp³-hybridized carbons (Fsp3) is 0.211. The second-order valence-corrected chi connectivity index (χ2v) is 6.52. The molecule has 0 spiro atoms. The van der Waals surface area contributed by atoms with Crippen LogP contribution in [0.5, 0.6) is 0 Å². The Morgan fingerprint density at radius 1 is 1.15 bits per heavy atom. The summed E-state index contributed by atoms with van der Waals surface area (Å²) in [5.74, 6) is -0.389. The molecule has 0 saturated carbocycles. The second kappa shape index (κ2) is 7.89. The Balaban J connectivity index is 2.09. The van der Waals surface area contributed by atoms with Crippen LogP contribution in [0.15, 0.2) is 47.3 Å². The number of aromatic nitrogens is 2. The molecule has 0 aliphatic rings. The fourth-order valence-corrected chi connectivity index (χ4v) is 3.17. The van der Waals surface area contributed by atoms with E-state index in [-0.39, 0.29) is 31.1 Å². The minimum absolute atomic E-state index is 0.0109. The van der Waals surface area contributed by atoms with Crippen LogP contribution in [0, 0.1) is 0 Å². The van der Waals surface area contributed by atoms with E-state index in [1.54, 1.807) is 49.4 Å². The number of esters is 1. The molecule has 26 heavy (non-hydrogen) atoms. The zero-order chi connectivity index (χ0) is 18.7. The number of fused-ring (bicyclic) bond motifs is 1. The molecule has 0 radical (unpaired) electrons. The van der Waals surface area contributed by atoms with E-state index in [1.165, 1.54) is 4.68 Å². The lowest BCUT2D eigenvalue weighted by atomic mass is 10.1. The zero-order valence-corrected chi connectivity index (χ0v) is 15.5. The third-order valence-corrected chi connectivity index (χ3v) is 4.48. The fourth-order valence-electron chi connectivity index (χ4n) is 2.70. The Hall–Kier alpha value is -2.37. The van der Waals surface area contributed by atoms with Gasteiger partial charge in [0.25, 0.3) is 5.56 Å². The average molecular weight is 391 g/mol. The van der Waals surface area contributed by atoms with E-state index in [1.807, 2.05) is 0 Å². The number of halogens is 2. The van der Waals surface area contributed by atoms with E-state index < -0.39 is 0 Å². The molecule has 0 saturated heterocycles. The molecule has 3 rings (SSSR count). The number of rotatable bonds is 5. The summed E-state index contributed by atoms with van der Waals surface area (Å²) in [6.45, 7) is 2.21. The number of carbonyl (C=O) groups is 1. The summed E-state index contributed by atoms with van der Waals surface area (Å²) in [4.78, 5) is 24.7. The highest BCUT2D eigenvalue weighted by Gasteiger charge is 2.15. The summed E-state index contributed by atoms with van der Waals surface area (Å²) in [5.41, 5.74) is 0.950. The topological polar surface area (TPSA) is 61.2 Å². The molecule has 0 unspecified atom stereocenters. The van der Waals surface area contributed by atoms with Gasteiger partial charge in [-0.1, -0.05) is 47.5 Å². The van der Waals surface area contributed by atoms with Crippen LogP contribution < -0.4 is 5.56 Å². The lowest BCUT2D eigenvalue weighted by Crippen LogP contribution is -2.26. The maximum absolute atomic E-state index is 12.8. The first-order chi connectivity index (χ1) is 12.5. The van der Waals surface area contributed by atoms with Crippen molar-refractivity contribution in [3.05, 3.63) is 74.1 Å². The van der Waals surface area contributed by atoms with Gasteiger partial charge in [0.2, 0.25) is 0 Å². The minimum atomic E-state index is -0.389. The van der Waals surface area contributed by atoms with Crippen molar-refractivity contribution in [2.75, 3.05) is 6.61 Å². The Bertz CT molecular complexity index is 1030. The quantitative estimate of drug-likeness (QED) is 0.620. The van der Waals surface area contributed by atoms with E-state index in [0.29, 0.717) is 32.1 Å². The maximum atomic E-state index is 12.8. The number of benzene rings is 2. The zero-order valence-electron chi connectivity index (χ0n) is 14.0. The summed E-state index contributed by atoms with van der Waals surface area (Å²) in [5, 5.41) is 6.49. The van der Waals surface area contributed by atoms with E-state index >= 15 is 0 Å². The van der Waals surface area contributed by atoms with Crippen LogP contribution >= 0.6 is 23.2 Å². The second-order valence-electron chi connectivity index (χ2n) is 5.67. The smallest absolute Gasteiger partial charge is 0.311 e. The minimum Gasteiger partial charge on any atom is -0.466 e. The number of carbonyl (C=O) groups excluding carboxylic acids is 1. The Kier molecular flexibility index (Phi) is 5.59. The van der Waals surface area contributed by atoms with Crippen LogP contribution in [0.2, 0.25) is 10.0 Å². The van der Waals surface area contributed by atoms with Crippen molar-refractivity contribution in [2.45, 2.75) is 19.9 Å². The van der Waals surface area contributed by atoms with Gasteiger partial charge in [0.05, 0.1) is 30.7 Å². The van der Waals surface area contributed by atoms with Gasteiger partial charge in [-0.2, -0.15) is 5.10 Å². The SMILES string of the molecule is CCOC(=O)Cc1nn(Cc2ccc(Cl)cc2Cl)c(=O)c2ccccc12. The van der Waals surface area contributed by atoms with E-state index in [2.05, 4.69) is 5.10 Å². The number of nitrogens with zero attached hydrogens (tertiary/aromatic N) is 2. The number of ether oxygens (including phenoxy) is 1. The molecule has 0 aliphatic heterocycles. The monoisotopic (exact) mass is 390 g/mol. The van der Waals surface area contributed by atoms with Gasteiger partial charge in [-0.05, 0) is 30.7 Å². The molecule has 0 fully saturated rings. The van der Waals surface area contributed by atoms with Crippen molar-refractivity contribution < 1.29 is 9.53 Å². The molecule has 1 aromatic heterocycles. The van der Waals surface area contributed by atoms with Crippen molar-refractivity contribution in [3.8, 4) is 0 Å². The lowest BCUT2D eigenvalue weighted by Gasteiger charge is -2.12. The average Bonchev–Trinajstić information content (AvgIpc) is 2.61. The molecule has 5 nitrogen and oxygen atoms in total. The van der Waals surface area contributed by atoms with Crippen LogP contribution in [0.4, 0.5) is 0 Å². The number of hydrogen-bond acceptors (Lipinski definition) is 4. The Morgan fingerprint density at radius 3 is 2.58 bits per heavy atom. The molecule has 0 atom stereocenters. The van der Waals surface area contributed by atoms with Gasteiger partial charge in [0, 0.05) is 15.4 Å². The highest BCUT2D eigenvalue weighted by molar-refractivity contribution is 6.35.